The number of halogens is 2. The minimum Gasteiger partial charge on any atom is -0.460 e. The van der Waals surface area contributed by atoms with Gasteiger partial charge >= 0.3 is 0 Å². The van der Waals surface area contributed by atoms with E-state index in [1.54, 1.807) is 0 Å². The van der Waals surface area contributed by atoms with Crippen molar-refractivity contribution in [3.8, 4) is 11.3 Å². The van der Waals surface area contributed by atoms with Crippen LogP contribution in [0.2, 0.25) is 5.02 Å². The summed E-state index contributed by atoms with van der Waals surface area (Å²) in [7, 11) is 0. The molecule has 0 bridgehead atoms. The van der Waals surface area contributed by atoms with Crippen molar-refractivity contribution in [2.45, 2.75) is 26.3 Å². The molecule has 0 aliphatic heterocycles. The van der Waals surface area contributed by atoms with Crippen LogP contribution in [0.3, 0.4) is 0 Å². The third kappa shape index (κ3) is 4.10. The summed E-state index contributed by atoms with van der Waals surface area (Å²) in [4.78, 5) is 0. The number of benzene rings is 1. The fourth-order valence-corrected chi connectivity index (χ4v) is 2.59. The molecule has 0 saturated carbocycles. The number of nitrogens with one attached hydrogen (secondary N) is 1. The lowest BCUT2D eigenvalue weighted by Gasteiger charge is -2.02. The van der Waals surface area contributed by atoms with Gasteiger partial charge in [-0.05, 0) is 43.3 Å². The van der Waals surface area contributed by atoms with E-state index in [0.29, 0.717) is 5.02 Å². The average Bonchev–Trinajstić information content (AvgIpc) is 2.83. The molecule has 4 heteroatoms. The van der Waals surface area contributed by atoms with E-state index in [1.807, 2.05) is 30.3 Å². The normalized spacial score (nSPS) is 10.9. The molecule has 0 unspecified atom stereocenters. The van der Waals surface area contributed by atoms with Crippen molar-refractivity contribution < 1.29 is 4.42 Å². The highest BCUT2D eigenvalue weighted by atomic mass is 79.9. The zero-order chi connectivity index (χ0) is 13.7. The predicted octanol–water partition coefficient (Wildman–Crippen LogP) is 5.25. The van der Waals surface area contributed by atoms with Gasteiger partial charge in [-0.1, -0.05) is 40.9 Å². The van der Waals surface area contributed by atoms with Crippen molar-refractivity contribution in [3.63, 3.8) is 0 Å². The molecule has 0 amide bonds. The lowest BCUT2D eigenvalue weighted by molar-refractivity contribution is 0.490. The van der Waals surface area contributed by atoms with Crippen molar-refractivity contribution in [1.29, 1.82) is 0 Å². The van der Waals surface area contributed by atoms with E-state index >= 15 is 0 Å². The maximum atomic E-state index is 6.21. The lowest BCUT2D eigenvalue weighted by Crippen LogP contribution is -2.13. The van der Waals surface area contributed by atoms with E-state index in [-0.39, 0.29) is 0 Å². The van der Waals surface area contributed by atoms with Gasteiger partial charge in [0.05, 0.1) is 11.6 Å². The Labute approximate surface area is 127 Å². The Bertz CT molecular complexity index is 539. The molecule has 2 aromatic rings. The van der Waals surface area contributed by atoms with Crippen molar-refractivity contribution in [2.24, 2.45) is 0 Å². The minimum atomic E-state index is 0.689. The highest BCUT2D eigenvalue weighted by Crippen LogP contribution is 2.31. The molecule has 0 atom stereocenters. The summed E-state index contributed by atoms with van der Waals surface area (Å²) in [6, 6.07) is 9.75. The van der Waals surface area contributed by atoms with Gasteiger partial charge in [-0.2, -0.15) is 0 Å². The molecule has 0 radical (unpaired) electrons. The van der Waals surface area contributed by atoms with Crippen LogP contribution in [0.5, 0.6) is 0 Å². The van der Waals surface area contributed by atoms with Crippen LogP contribution in [0.1, 0.15) is 25.5 Å². The number of rotatable bonds is 6. The fourth-order valence-electron chi connectivity index (χ4n) is 1.82. The summed E-state index contributed by atoms with van der Waals surface area (Å²) in [5, 5.41) is 4.05. The molecule has 0 fully saturated rings. The van der Waals surface area contributed by atoms with E-state index < -0.39 is 0 Å². The van der Waals surface area contributed by atoms with Crippen LogP contribution in [-0.2, 0) is 6.54 Å². The molecule has 1 aromatic heterocycles. The molecular weight excluding hydrogens is 326 g/mol. The average molecular weight is 343 g/mol. The Balaban J connectivity index is 2.04. The highest BCUT2D eigenvalue weighted by molar-refractivity contribution is 9.10. The number of hydrogen-bond donors (Lipinski definition) is 1. The van der Waals surface area contributed by atoms with Crippen LogP contribution in [0, 0.1) is 0 Å². The largest absolute Gasteiger partial charge is 0.460 e. The smallest absolute Gasteiger partial charge is 0.135 e. The van der Waals surface area contributed by atoms with E-state index in [2.05, 4.69) is 28.2 Å². The van der Waals surface area contributed by atoms with Crippen LogP contribution in [0.15, 0.2) is 39.2 Å². The lowest BCUT2D eigenvalue weighted by atomic mass is 10.2. The zero-order valence-corrected chi connectivity index (χ0v) is 13.2. The van der Waals surface area contributed by atoms with E-state index in [1.165, 1.54) is 12.8 Å². The summed E-state index contributed by atoms with van der Waals surface area (Å²) < 4.78 is 6.78. The van der Waals surface area contributed by atoms with E-state index in [4.69, 9.17) is 16.0 Å². The molecular formula is C15H17BrClNO. The summed E-state index contributed by atoms with van der Waals surface area (Å²) in [5.74, 6) is 1.75. The van der Waals surface area contributed by atoms with Gasteiger partial charge in [0, 0.05) is 10.0 Å². The second kappa shape index (κ2) is 7.13. The van der Waals surface area contributed by atoms with Gasteiger partial charge in [-0.3, -0.25) is 0 Å². The zero-order valence-electron chi connectivity index (χ0n) is 10.9. The van der Waals surface area contributed by atoms with Crippen LogP contribution < -0.4 is 5.32 Å². The maximum Gasteiger partial charge on any atom is 0.135 e. The molecule has 102 valence electrons. The fraction of sp³-hybridized carbons (Fsp3) is 0.333. The van der Waals surface area contributed by atoms with Crippen LogP contribution in [-0.4, -0.2) is 6.54 Å². The number of hydrogen-bond acceptors (Lipinski definition) is 2. The molecule has 0 aliphatic carbocycles. The van der Waals surface area contributed by atoms with Gasteiger partial charge in [0.1, 0.15) is 11.5 Å². The van der Waals surface area contributed by atoms with E-state index in [0.717, 1.165) is 34.6 Å². The van der Waals surface area contributed by atoms with Gasteiger partial charge in [0.2, 0.25) is 0 Å². The second-order valence-electron chi connectivity index (χ2n) is 4.42. The Morgan fingerprint density at radius 3 is 2.84 bits per heavy atom. The highest BCUT2D eigenvalue weighted by Gasteiger charge is 2.08. The van der Waals surface area contributed by atoms with Gasteiger partial charge in [0.15, 0.2) is 0 Å². The molecule has 1 heterocycles. The molecule has 0 spiro atoms. The van der Waals surface area contributed by atoms with Gasteiger partial charge < -0.3 is 9.73 Å². The molecule has 1 N–H and O–H groups in total. The molecule has 0 aliphatic rings. The monoisotopic (exact) mass is 341 g/mol. The van der Waals surface area contributed by atoms with Crippen molar-refractivity contribution in [1.82, 2.24) is 5.32 Å². The first kappa shape index (κ1) is 14.6. The number of unbranched alkanes of at least 4 members (excludes halogenated alkanes) is 1. The standard InChI is InChI=1S/C15H17BrClNO/c1-2-3-8-18-10-12-5-7-15(19-12)13-6-4-11(16)9-14(13)17/h4-7,9,18H,2-3,8,10H2,1H3. The quantitative estimate of drug-likeness (QED) is 0.725. The Morgan fingerprint density at radius 2 is 2.11 bits per heavy atom. The van der Waals surface area contributed by atoms with Crippen LogP contribution in [0.25, 0.3) is 11.3 Å². The third-order valence-corrected chi connectivity index (χ3v) is 3.67. The molecule has 2 rings (SSSR count). The SMILES string of the molecule is CCCCNCc1ccc(-c2ccc(Br)cc2Cl)o1. The van der Waals surface area contributed by atoms with Gasteiger partial charge in [-0.25, -0.2) is 0 Å². The first-order valence-electron chi connectivity index (χ1n) is 6.45. The molecule has 0 saturated heterocycles. The summed E-state index contributed by atoms with van der Waals surface area (Å²) in [6.45, 7) is 3.96. The van der Waals surface area contributed by atoms with Crippen molar-refractivity contribution >= 4 is 27.5 Å². The van der Waals surface area contributed by atoms with Gasteiger partial charge in [-0.15, -0.1) is 0 Å². The minimum absolute atomic E-state index is 0.689. The molecule has 1 aromatic carbocycles. The Kier molecular flexibility index (Phi) is 5.49. The molecule has 19 heavy (non-hydrogen) atoms. The summed E-state index contributed by atoms with van der Waals surface area (Å²) in [6.07, 6.45) is 2.39. The maximum absolute atomic E-state index is 6.21. The second-order valence-corrected chi connectivity index (χ2v) is 5.74. The topological polar surface area (TPSA) is 25.2 Å². The van der Waals surface area contributed by atoms with Crippen LogP contribution >= 0.6 is 27.5 Å². The first-order chi connectivity index (χ1) is 9.20. The number of furan rings is 1. The van der Waals surface area contributed by atoms with E-state index in [9.17, 15) is 0 Å². The van der Waals surface area contributed by atoms with Gasteiger partial charge in [0.25, 0.3) is 0 Å². The molecule has 2 nitrogen and oxygen atoms in total. The Morgan fingerprint density at radius 1 is 1.26 bits per heavy atom. The summed E-state index contributed by atoms with van der Waals surface area (Å²) in [5.41, 5.74) is 0.921. The first-order valence-corrected chi connectivity index (χ1v) is 7.62. The third-order valence-electron chi connectivity index (χ3n) is 2.86. The summed E-state index contributed by atoms with van der Waals surface area (Å²) >= 11 is 9.61. The Hall–Kier alpha value is -0.770. The van der Waals surface area contributed by atoms with Crippen LogP contribution in [0.4, 0.5) is 0 Å². The van der Waals surface area contributed by atoms with Crippen molar-refractivity contribution in [2.75, 3.05) is 6.54 Å². The van der Waals surface area contributed by atoms with Crippen molar-refractivity contribution in [3.05, 3.63) is 45.6 Å². The predicted molar refractivity (Wildman–Crippen MR) is 83.5 cm³/mol.